The lowest BCUT2D eigenvalue weighted by atomic mass is 10.1. The lowest BCUT2D eigenvalue weighted by molar-refractivity contribution is 0.460. The number of aromatic nitrogens is 3. The van der Waals surface area contributed by atoms with E-state index in [1.807, 2.05) is 30.8 Å². The number of guanidine groups is 1. The van der Waals surface area contributed by atoms with E-state index in [0.29, 0.717) is 24.1 Å². The molecule has 1 atom stereocenters. The average Bonchev–Trinajstić information content (AvgIpc) is 2.99. The van der Waals surface area contributed by atoms with Crippen LogP contribution in [0, 0.1) is 19.7 Å². The molecule has 164 valence electrons. The molecule has 0 saturated carbocycles. The second-order valence-electron chi connectivity index (χ2n) is 7.51. The van der Waals surface area contributed by atoms with Crippen molar-refractivity contribution in [2.75, 3.05) is 7.05 Å². The molecule has 0 amide bonds. The molecule has 7 nitrogen and oxygen atoms in total. The van der Waals surface area contributed by atoms with Gasteiger partial charge in [-0.15, -0.1) is 0 Å². The normalized spacial score (nSPS) is 12.5. The van der Waals surface area contributed by atoms with E-state index < -0.39 is 0 Å². The van der Waals surface area contributed by atoms with Gasteiger partial charge in [0.1, 0.15) is 11.6 Å². The molecule has 0 aliphatic rings. The van der Waals surface area contributed by atoms with Crippen molar-refractivity contribution in [3.8, 4) is 11.6 Å². The molecule has 0 aliphatic heterocycles. The summed E-state index contributed by atoms with van der Waals surface area (Å²) in [5, 5.41) is 11.2. The van der Waals surface area contributed by atoms with Crippen LogP contribution in [-0.4, -0.2) is 33.8 Å². The highest BCUT2D eigenvalue weighted by molar-refractivity contribution is 5.79. The van der Waals surface area contributed by atoms with Crippen LogP contribution in [0.2, 0.25) is 0 Å². The number of hydrogen-bond donors (Lipinski definition) is 2. The summed E-state index contributed by atoms with van der Waals surface area (Å²) >= 11 is 0. The van der Waals surface area contributed by atoms with E-state index in [4.69, 9.17) is 4.74 Å². The molecule has 0 aliphatic carbocycles. The molecule has 1 aromatic carbocycles. The minimum absolute atomic E-state index is 0.183. The Morgan fingerprint density at radius 3 is 2.61 bits per heavy atom. The molecule has 2 N–H and O–H groups in total. The summed E-state index contributed by atoms with van der Waals surface area (Å²) in [5.74, 6) is 1.39. The average molecular weight is 425 g/mol. The number of ether oxygens (including phenoxy) is 1. The Labute approximate surface area is 182 Å². The molecule has 0 fully saturated rings. The molecule has 1 unspecified atom stereocenters. The van der Waals surface area contributed by atoms with Crippen molar-refractivity contribution in [2.45, 2.75) is 39.8 Å². The van der Waals surface area contributed by atoms with Crippen LogP contribution in [0.3, 0.4) is 0 Å². The van der Waals surface area contributed by atoms with Gasteiger partial charge in [0, 0.05) is 44.6 Å². The summed E-state index contributed by atoms with van der Waals surface area (Å²) < 4.78 is 20.7. The van der Waals surface area contributed by atoms with E-state index in [0.717, 1.165) is 17.7 Å². The molecule has 0 saturated heterocycles. The summed E-state index contributed by atoms with van der Waals surface area (Å²) in [5.41, 5.74) is 4.48. The molecular weight excluding hydrogens is 395 g/mol. The Balaban J connectivity index is 1.56. The van der Waals surface area contributed by atoms with Crippen molar-refractivity contribution in [3.63, 3.8) is 0 Å². The maximum absolute atomic E-state index is 13.1. The van der Waals surface area contributed by atoms with Crippen LogP contribution in [0.5, 0.6) is 11.6 Å². The Morgan fingerprint density at radius 1 is 1.23 bits per heavy atom. The number of hydrogen-bond acceptors (Lipinski definition) is 4. The fourth-order valence-electron chi connectivity index (χ4n) is 3.32. The topological polar surface area (TPSA) is 76.4 Å². The third kappa shape index (κ3) is 6.04. The first-order chi connectivity index (χ1) is 14.9. The zero-order chi connectivity index (χ0) is 22.4. The van der Waals surface area contributed by atoms with Crippen LogP contribution in [0.25, 0.3) is 0 Å². The van der Waals surface area contributed by atoms with E-state index in [1.165, 1.54) is 23.4 Å². The predicted octanol–water partition coefficient (Wildman–Crippen LogP) is 3.66. The zero-order valence-corrected chi connectivity index (χ0v) is 18.6. The second kappa shape index (κ2) is 10.1. The lowest BCUT2D eigenvalue weighted by Crippen LogP contribution is -2.42. The Bertz CT molecular complexity index is 1040. The summed E-state index contributed by atoms with van der Waals surface area (Å²) in [6.07, 6.45) is 2.54. The SMILES string of the molecule is CN=C(NCc1ccnc(Oc2ccc(F)cc2)c1)NC(C)Cc1c(C)nn(C)c1C. The first kappa shape index (κ1) is 22.3. The fourth-order valence-corrected chi connectivity index (χ4v) is 3.32. The van der Waals surface area contributed by atoms with Gasteiger partial charge in [-0.25, -0.2) is 9.37 Å². The van der Waals surface area contributed by atoms with Crippen LogP contribution >= 0.6 is 0 Å². The number of halogens is 1. The largest absolute Gasteiger partial charge is 0.439 e. The number of benzene rings is 1. The van der Waals surface area contributed by atoms with Gasteiger partial charge in [0.25, 0.3) is 0 Å². The number of rotatable bonds is 7. The zero-order valence-electron chi connectivity index (χ0n) is 18.6. The molecule has 3 rings (SSSR count). The molecule has 0 bridgehead atoms. The molecule has 0 spiro atoms. The van der Waals surface area contributed by atoms with Crippen molar-refractivity contribution in [1.82, 2.24) is 25.4 Å². The lowest BCUT2D eigenvalue weighted by Gasteiger charge is -2.18. The van der Waals surface area contributed by atoms with Gasteiger partial charge in [0.2, 0.25) is 5.88 Å². The van der Waals surface area contributed by atoms with Crippen molar-refractivity contribution in [2.24, 2.45) is 12.0 Å². The first-order valence-corrected chi connectivity index (χ1v) is 10.2. The van der Waals surface area contributed by atoms with E-state index >= 15 is 0 Å². The summed E-state index contributed by atoms with van der Waals surface area (Å²) in [6.45, 7) is 6.81. The second-order valence-corrected chi connectivity index (χ2v) is 7.51. The van der Waals surface area contributed by atoms with Crippen molar-refractivity contribution >= 4 is 5.96 Å². The fraction of sp³-hybridized carbons (Fsp3) is 0.348. The van der Waals surface area contributed by atoms with Gasteiger partial charge in [0.15, 0.2) is 5.96 Å². The van der Waals surface area contributed by atoms with Crippen LogP contribution in [0.15, 0.2) is 47.6 Å². The number of aliphatic imine (C=N–C) groups is 1. The standard InChI is InChI=1S/C23H29FN6O/c1-15(12-21-16(2)29-30(5)17(21)3)28-23(25-4)27-14-18-10-11-26-22(13-18)31-20-8-6-19(24)7-9-20/h6-11,13,15H,12,14H2,1-5H3,(H2,25,27,28). The smallest absolute Gasteiger partial charge is 0.219 e. The maximum Gasteiger partial charge on any atom is 0.219 e. The molecule has 2 heterocycles. The van der Waals surface area contributed by atoms with Crippen LogP contribution < -0.4 is 15.4 Å². The number of pyridine rings is 1. The van der Waals surface area contributed by atoms with Gasteiger partial charge >= 0.3 is 0 Å². The number of nitrogens with one attached hydrogen (secondary N) is 2. The minimum atomic E-state index is -0.305. The van der Waals surface area contributed by atoms with Crippen molar-refractivity contribution in [3.05, 3.63) is 70.9 Å². The quantitative estimate of drug-likeness (QED) is 0.447. The first-order valence-electron chi connectivity index (χ1n) is 10.2. The molecule has 0 radical (unpaired) electrons. The predicted molar refractivity (Wildman–Crippen MR) is 120 cm³/mol. The van der Waals surface area contributed by atoms with Crippen molar-refractivity contribution < 1.29 is 9.13 Å². The van der Waals surface area contributed by atoms with Gasteiger partial charge in [-0.05, 0) is 68.7 Å². The number of aryl methyl sites for hydroxylation is 2. The molecule has 2 aromatic heterocycles. The van der Waals surface area contributed by atoms with Crippen LogP contribution in [-0.2, 0) is 20.0 Å². The van der Waals surface area contributed by atoms with Gasteiger partial charge in [-0.1, -0.05) is 0 Å². The van der Waals surface area contributed by atoms with E-state index in [1.54, 1.807) is 25.4 Å². The molecule has 8 heteroatoms. The summed E-state index contributed by atoms with van der Waals surface area (Å²) in [7, 11) is 3.71. The minimum Gasteiger partial charge on any atom is -0.439 e. The highest BCUT2D eigenvalue weighted by atomic mass is 19.1. The Morgan fingerprint density at radius 2 is 1.97 bits per heavy atom. The third-order valence-electron chi connectivity index (χ3n) is 5.07. The van der Waals surface area contributed by atoms with E-state index in [9.17, 15) is 4.39 Å². The molecular formula is C23H29FN6O. The van der Waals surface area contributed by atoms with Gasteiger partial charge in [-0.2, -0.15) is 5.10 Å². The van der Waals surface area contributed by atoms with Crippen LogP contribution in [0.1, 0.15) is 29.4 Å². The third-order valence-corrected chi connectivity index (χ3v) is 5.07. The highest BCUT2D eigenvalue weighted by Crippen LogP contribution is 2.20. The summed E-state index contributed by atoms with van der Waals surface area (Å²) in [6, 6.07) is 9.78. The van der Waals surface area contributed by atoms with E-state index in [-0.39, 0.29) is 11.9 Å². The van der Waals surface area contributed by atoms with Crippen molar-refractivity contribution in [1.29, 1.82) is 0 Å². The van der Waals surface area contributed by atoms with Gasteiger partial charge in [-0.3, -0.25) is 9.67 Å². The molecule has 31 heavy (non-hydrogen) atoms. The van der Waals surface area contributed by atoms with Crippen LogP contribution in [0.4, 0.5) is 4.39 Å². The highest BCUT2D eigenvalue weighted by Gasteiger charge is 2.14. The monoisotopic (exact) mass is 424 g/mol. The van der Waals surface area contributed by atoms with Gasteiger partial charge in [0.05, 0.1) is 5.69 Å². The van der Waals surface area contributed by atoms with Gasteiger partial charge < -0.3 is 15.4 Å². The molecule has 3 aromatic rings. The maximum atomic E-state index is 13.1. The summed E-state index contributed by atoms with van der Waals surface area (Å²) in [4.78, 5) is 8.54. The Hall–Kier alpha value is -3.42. The number of nitrogens with zero attached hydrogens (tertiary/aromatic N) is 4. The Kier molecular flexibility index (Phi) is 7.23. The van der Waals surface area contributed by atoms with E-state index in [2.05, 4.69) is 39.6 Å².